The van der Waals surface area contributed by atoms with Crippen molar-refractivity contribution in [2.45, 2.75) is 38.3 Å². The molecule has 2 aliphatic heterocycles. The van der Waals surface area contributed by atoms with Crippen LogP contribution in [-0.4, -0.2) is 88.0 Å². The SMILES string of the molecule is O=C1[C@H](Cc2ccc(O)cc2)N2C(=O)CN(Cc3cn(-c4ccncc4)nn3)N(C(=O)NCc3ccccc3)[C@H]2CN1Cc1cccc2ccccc12.[W]. The third-order valence-corrected chi connectivity index (χ3v) is 9.74. The number of hydrazine groups is 1. The van der Waals surface area contributed by atoms with E-state index in [4.69, 9.17) is 0 Å². The van der Waals surface area contributed by atoms with Gasteiger partial charge in [-0.15, -0.1) is 5.10 Å². The van der Waals surface area contributed by atoms with Gasteiger partial charge >= 0.3 is 6.03 Å². The topological polar surface area (TPSA) is 140 Å². The van der Waals surface area contributed by atoms with Gasteiger partial charge in [0.25, 0.3) is 0 Å². The number of aromatic nitrogens is 4. The second-order valence-electron chi connectivity index (χ2n) is 13.2. The molecule has 0 saturated carbocycles. The number of carbonyl (C=O) groups is 3. The molecule has 54 heavy (non-hydrogen) atoms. The number of benzene rings is 4. The summed E-state index contributed by atoms with van der Waals surface area (Å²) in [7, 11) is 0. The third kappa shape index (κ3) is 7.59. The predicted molar refractivity (Wildman–Crippen MR) is 196 cm³/mol. The summed E-state index contributed by atoms with van der Waals surface area (Å²) in [4.78, 5) is 50.7. The molecule has 0 radical (unpaired) electrons. The standard InChI is InChI=1S/C40H37N9O4.W/c50-34-15-13-28(14-16-34)21-36-39(52)45(23-31-11-6-10-30-9-4-5-12-35(30)31)26-37-48(36)38(51)27-46(49(37)40(53)42-22-29-7-2-1-3-8-29)24-32-25-47(44-43-32)33-17-19-41-20-18-33;/h1-20,25,36-37,50H,21-24,26-27H2,(H,42,53);/t36-,37-;/m0./s1. The van der Waals surface area contributed by atoms with Crippen LogP contribution in [0.4, 0.5) is 4.79 Å². The first-order chi connectivity index (χ1) is 25.9. The van der Waals surface area contributed by atoms with Gasteiger partial charge in [0.2, 0.25) is 11.8 Å². The van der Waals surface area contributed by atoms with Gasteiger partial charge in [-0.05, 0) is 51.7 Å². The molecule has 0 unspecified atom stereocenters. The zero-order valence-corrected chi connectivity index (χ0v) is 32.1. The Morgan fingerprint density at radius 1 is 0.833 bits per heavy atom. The third-order valence-electron chi connectivity index (χ3n) is 9.74. The molecule has 2 aliphatic rings. The molecule has 4 aromatic carbocycles. The van der Waals surface area contributed by atoms with E-state index < -0.39 is 18.2 Å². The molecule has 8 rings (SSSR count). The molecule has 272 valence electrons. The van der Waals surface area contributed by atoms with E-state index in [9.17, 15) is 19.5 Å². The number of nitrogens with zero attached hydrogens (tertiary/aromatic N) is 8. The van der Waals surface area contributed by atoms with E-state index in [2.05, 4.69) is 20.6 Å². The van der Waals surface area contributed by atoms with Crippen LogP contribution in [0, 0.1) is 0 Å². The molecule has 0 spiro atoms. The van der Waals surface area contributed by atoms with E-state index in [1.165, 1.54) is 0 Å². The Morgan fingerprint density at radius 2 is 1.57 bits per heavy atom. The maximum atomic E-state index is 14.6. The average molecular weight is 892 g/mol. The van der Waals surface area contributed by atoms with Crippen LogP contribution in [0.3, 0.4) is 0 Å². The Kier molecular flexibility index (Phi) is 10.8. The number of pyridine rings is 1. The van der Waals surface area contributed by atoms with Crippen molar-refractivity contribution >= 4 is 28.6 Å². The van der Waals surface area contributed by atoms with Gasteiger partial charge < -0.3 is 20.2 Å². The summed E-state index contributed by atoms with van der Waals surface area (Å²) >= 11 is 0. The number of phenols is 1. The van der Waals surface area contributed by atoms with Crippen LogP contribution in [0.15, 0.2) is 128 Å². The van der Waals surface area contributed by atoms with Gasteiger partial charge in [0.05, 0.1) is 37.2 Å². The first-order valence-corrected chi connectivity index (χ1v) is 17.4. The molecular formula is C40H37N9O4W. The van der Waals surface area contributed by atoms with Crippen molar-refractivity contribution in [1.82, 2.24) is 45.1 Å². The monoisotopic (exact) mass is 891 g/mol. The minimum absolute atomic E-state index is 0. The van der Waals surface area contributed by atoms with Crippen LogP contribution in [0.25, 0.3) is 16.5 Å². The van der Waals surface area contributed by atoms with Gasteiger partial charge in [0.1, 0.15) is 18.0 Å². The van der Waals surface area contributed by atoms with Crippen molar-refractivity contribution in [3.05, 3.63) is 150 Å². The fraction of sp³-hybridized carbons (Fsp3) is 0.200. The Hall–Kier alpha value is -5.91. The average Bonchev–Trinajstić information content (AvgIpc) is 3.66. The van der Waals surface area contributed by atoms with Gasteiger partial charge in [-0.3, -0.25) is 14.6 Å². The largest absolute Gasteiger partial charge is 0.508 e. The van der Waals surface area contributed by atoms with Crippen molar-refractivity contribution < 1.29 is 40.6 Å². The summed E-state index contributed by atoms with van der Waals surface area (Å²) in [6.07, 6.45) is 4.45. The van der Waals surface area contributed by atoms with Crippen molar-refractivity contribution in [3.8, 4) is 11.4 Å². The van der Waals surface area contributed by atoms with Gasteiger partial charge in [0, 0.05) is 53.0 Å². The number of fused-ring (bicyclic) bond motifs is 2. The number of nitrogens with one attached hydrogen (secondary N) is 1. The molecule has 2 aromatic heterocycles. The van der Waals surface area contributed by atoms with E-state index in [0.717, 1.165) is 33.2 Å². The minimum Gasteiger partial charge on any atom is -0.508 e. The van der Waals surface area contributed by atoms with E-state index in [-0.39, 0.29) is 77.8 Å². The fourth-order valence-electron chi connectivity index (χ4n) is 7.20. The predicted octanol–water partition coefficient (Wildman–Crippen LogP) is 4.27. The number of aromatic hydroxyl groups is 1. The Labute approximate surface area is 326 Å². The minimum atomic E-state index is -0.903. The number of carbonyl (C=O) groups excluding carboxylic acids is 3. The summed E-state index contributed by atoms with van der Waals surface area (Å²) in [6, 6.07) is 32.6. The van der Waals surface area contributed by atoms with Crippen LogP contribution in [0.1, 0.15) is 22.4 Å². The quantitative estimate of drug-likeness (QED) is 0.220. The normalized spacial score (nSPS) is 17.3. The van der Waals surface area contributed by atoms with Crippen molar-refractivity contribution in [2.24, 2.45) is 0 Å². The van der Waals surface area contributed by atoms with Crippen LogP contribution >= 0.6 is 0 Å². The van der Waals surface area contributed by atoms with Gasteiger partial charge in [-0.25, -0.2) is 14.5 Å². The molecule has 2 atom stereocenters. The maximum Gasteiger partial charge on any atom is 0.334 e. The molecule has 4 heterocycles. The van der Waals surface area contributed by atoms with Crippen LogP contribution in [0.5, 0.6) is 5.75 Å². The zero-order valence-electron chi connectivity index (χ0n) is 29.2. The second kappa shape index (κ2) is 16.0. The molecule has 14 heteroatoms. The van der Waals surface area contributed by atoms with Crippen LogP contribution in [-0.2, 0) is 56.7 Å². The zero-order chi connectivity index (χ0) is 36.3. The number of rotatable bonds is 9. The Bertz CT molecular complexity index is 2250. The molecule has 0 aliphatic carbocycles. The smallest absolute Gasteiger partial charge is 0.334 e. The number of phenolic OH excluding ortho intramolecular Hbond substituents is 1. The molecule has 0 bridgehead atoms. The van der Waals surface area contributed by atoms with E-state index in [1.807, 2.05) is 84.9 Å². The summed E-state index contributed by atoms with van der Waals surface area (Å²) in [6.45, 7) is 0.571. The Morgan fingerprint density at radius 3 is 2.37 bits per heavy atom. The summed E-state index contributed by atoms with van der Waals surface area (Å²) in [5.41, 5.74) is 3.96. The number of hydrogen-bond acceptors (Lipinski definition) is 8. The molecule has 2 fully saturated rings. The fourth-order valence-corrected chi connectivity index (χ4v) is 7.20. The molecule has 2 saturated heterocycles. The molecular weight excluding hydrogens is 854 g/mol. The van der Waals surface area contributed by atoms with Gasteiger partial charge in [0.15, 0.2) is 0 Å². The molecule has 6 aromatic rings. The molecule has 13 nitrogen and oxygen atoms in total. The summed E-state index contributed by atoms with van der Waals surface area (Å²) in [5, 5.41) is 27.0. The van der Waals surface area contributed by atoms with Gasteiger partial charge in [-0.1, -0.05) is 90.1 Å². The van der Waals surface area contributed by atoms with Crippen molar-refractivity contribution in [3.63, 3.8) is 0 Å². The van der Waals surface area contributed by atoms with Crippen molar-refractivity contribution in [1.29, 1.82) is 0 Å². The Balaban J connectivity index is 0.00000450. The van der Waals surface area contributed by atoms with Gasteiger partial charge in [-0.2, -0.15) is 5.01 Å². The summed E-state index contributed by atoms with van der Waals surface area (Å²) < 4.78 is 1.62. The second-order valence-corrected chi connectivity index (χ2v) is 13.2. The first-order valence-electron chi connectivity index (χ1n) is 17.4. The summed E-state index contributed by atoms with van der Waals surface area (Å²) in [5.74, 6) is -0.398. The van der Waals surface area contributed by atoms with E-state index in [1.54, 1.807) is 67.4 Å². The van der Waals surface area contributed by atoms with Crippen molar-refractivity contribution in [2.75, 3.05) is 13.1 Å². The number of piperazine rings is 1. The van der Waals surface area contributed by atoms with Crippen LogP contribution in [0.2, 0.25) is 0 Å². The number of urea groups is 1. The maximum absolute atomic E-state index is 14.6. The number of amides is 4. The van der Waals surface area contributed by atoms with E-state index >= 15 is 0 Å². The number of hydrogen-bond donors (Lipinski definition) is 2. The first kappa shape index (κ1) is 36.4. The van der Waals surface area contributed by atoms with E-state index in [0.29, 0.717) is 5.69 Å². The molecule has 4 amide bonds. The molecule has 2 N–H and O–H groups in total. The van der Waals surface area contributed by atoms with Crippen LogP contribution < -0.4 is 5.32 Å².